The maximum atomic E-state index is 13.6. The van der Waals surface area contributed by atoms with Gasteiger partial charge >= 0.3 is 0 Å². The van der Waals surface area contributed by atoms with Crippen molar-refractivity contribution in [2.45, 2.75) is 78.9 Å². The molecule has 0 aliphatic carbocycles. The number of hydrogen-bond donors (Lipinski definition) is 3. The van der Waals surface area contributed by atoms with E-state index in [-0.39, 0.29) is 47.8 Å². The number of benzene rings is 2. The summed E-state index contributed by atoms with van der Waals surface area (Å²) >= 11 is 0. The molecule has 2 fully saturated rings. The number of rotatable bonds is 12. The van der Waals surface area contributed by atoms with E-state index >= 15 is 0 Å². The van der Waals surface area contributed by atoms with Crippen molar-refractivity contribution >= 4 is 30.8 Å². The molecule has 1 unspecified atom stereocenters. The molecule has 2 aromatic carbocycles. The van der Waals surface area contributed by atoms with E-state index in [1.54, 1.807) is 28.8 Å². The molecule has 2 atom stereocenters. The van der Waals surface area contributed by atoms with Gasteiger partial charge in [-0.2, -0.15) is 4.31 Å². The van der Waals surface area contributed by atoms with E-state index in [1.165, 1.54) is 36.5 Å². The van der Waals surface area contributed by atoms with Crippen LogP contribution in [-0.2, 0) is 31.1 Å². The van der Waals surface area contributed by atoms with Gasteiger partial charge in [-0.15, -0.1) is 0 Å². The number of aliphatic hydroxyl groups is 2. The second-order valence-electron chi connectivity index (χ2n) is 12.7. The van der Waals surface area contributed by atoms with E-state index in [1.807, 2.05) is 19.1 Å². The van der Waals surface area contributed by atoms with E-state index in [9.17, 15) is 31.8 Å². The number of ether oxygens (including phenoxy) is 2. The Morgan fingerprint density at radius 1 is 1.11 bits per heavy atom. The molecule has 252 valence electrons. The summed E-state index contributed by atoms with van der Waals surface area (Å²) in [6, 6.07) is 12.9. The van der Waals surface area contributed by atoms with Gasteiger partial charge in [-0.1, -0.05) is 18.2 Å². The molecule has 5 rings (SSSR count). The van der Waals surface area contributed by atoms with Crippen molar-refractivity contribution in [2.24, 2.45) is 0 Å². The summed E-state index contributed by atoms with van der Waals surface area (Å²) in [4.78, 5) is 13.0. The molecule has 2 aliphatic rings. The number of fused-ring (bicyclic) bond motifs is 1. The van der Waals surface area contributed by atoms with Gasteiger partial charge in [0.1, 0.15) is 23.4 Å². The minimum absolute atomic E-state index is 0.0271. The molecule has 1 spiro atoms. The normalized spacial score (nSPS) is 19.9. The topological polar surface area (TPSA) is 164 Å². The fourth-order valence-electron chi connectivity index (χ4n) is 6.05. The molecule has 0 radical (unpaired) electrons. The Morgan fingerprint density at radius 2 is 1.83 bits per heavy atom. The minimum atomic E-state index is -4.01. The van der Waals surface area contributed by atoms with Crippen molar-refractivity contribution in [3.8, 4) is 5.75 Å². The van der Waals surface area contributed by atoms with Crippen LogP contribution in [0.4, 0.5) is 0 Å². The highest BCUT2D eigenvalue weighted by Gasteiger charge is 2.45. The maximum Gasteiger partial charge on any atom is 0.248 e. The van der Waals surface area contributed by atoms with Crippen molar-refractivity contribution in [1.29, 1.82) is 0 Å². The molecule has 3 N–H and O–H groups in total. The fourth-order valence-corrected chi connectivity index (χ4v) is 8.93. The van der Waals surface area contributed by atoms with E-state index in [0.29, 0.717) is 43.3 Å². The second kappa shape index (κ2) is 13.3. The summed E-state index contributed by atoms with van der Waals surface area (Å²) in [7, 11) is -7.80. The number of sulfonamides is 1. The fraction of sp³-hybridized carbons (Fsp3) is 0.531. The zero-order valence-corrected chi connectivity index (χ0v) is 28.0. The lowest BCUT2D eigenvalue weighted by atomic mass is 9.88. The third-order valence-corrected chi connectivity index (χ3v) is 13.4. The monoisotopic (exact) mass is 677 g/mol. The first-order chi connectivity index (χ1) is 21.7. The number of nitrogens with zero attached hydrogens (tertiary/aromatic N) is 2. The van der Waals surface area contributed by atoms with Crippen molar-refractivity contribution in [3.63, 3.8) is 0 Å². The van der Waals surface area contributed by atoms with Crippen LogP contribution < -0.4 is 15.5 Å². The van der Waals surface area contributed by atoms with Crippen LogP contribution in [0.5, 0.6) is 5.75 Å². The largest absolute Gasteiger partial charge is 0.491 e. The molecule has 0 bridgehead atoms. The van der Waals surface area contributed by atoms with Gasteiger partial charge in [-0.25, -0.2) is 16.8 Å². The van der Waals surface area contributed by atoms with Crippen molar-refractivity contribution in [2.75, 3.05) is 39.5 Å². The van der Waals surface area contributed by atoms with Crippen LogP contribution in [0.2, 0.25) is 0 Å². The quantitative estimate of drug-likeness (QED) is 0.258. The molecular formula is C32H43N3O9S2. The highest BCUT2D eigenvalue weighted by Crippen LogP contribution is 2.37. The zero-order valence-electron chi connectivity index (χ0n) is 26.4. The van der Waals surface area contributed by atoms with Gasteiger partial charge in [-0.3, -0.25) is 4.79 Å². The van der Waals surface area contributed by atoms with Crippen LogP contribution in [0, 0.1) is 0 Å². The summed E-state index contributed by atoms with van der Waals surface area (Å²) in [5.74, 6) is 0.288. The Labute approximate surface area is 269 Å². The Bertz CT molecular complexity index is 1830. The highest BCUT2D eigenvalue weighted by molar-refractivity contribution is 7.92. The molecule has 12 nitrogen and oxygen atoms in total. The average Bonchev–Trinajstić information content (AvgIpc) is 3.45. The predicted octanol–water partition coefficient (Wildman–Crippen LogP) is 1.91. The number of para-hydroxylation sites is 1. The van der Waals surface area contributed by atoms with Crippen LogP contribution in [0.1, 0.15) is 40.0 Å². The summed E-state index contributed by atoms with van der Waals surface area (Å²) < 4.78 is 66.6. The maximum absolute atomic E-state index is 13.6. The van der Waals surface area contributed by atoms with Crippen LogP contribution >= 0.6 is 0 Å². The number of aromatic nitrogens is 1. The first-order valence-corrected chi connectivity index (χ1v) is 18.4. The number of pyridine rings is 1. The molecule has 1 aromatic heterocycles. The van der Waals surface area contributed by atoms with E-state index in [2.05, 4.69) is 5.32 Å². The lowest BCUT2D eigenvalue weighted by molar-refractivity contribution is -0.0312. The summed E-state index contributed by atoms with van der Waals surface area (Å²) in [6.07, 6.45) is 2.18. The van der Waals surface area contributed by atoms with Crippen molar-refractivity contribution in [1.82, 2.24) is 14.2 Å². The lowest BCUT2D eigenvalue weighted by Crippen LogP contribution is -2.47. The molecule has 46 heavy (non-hydrogen) atoms. The van der Waals surface area contributed by atoms with Gasteiger partial charge in [0.25, 0.3) is 0 Å². The number of sulfone groups is 1. The Morgan fingerprint density at radius 3 is 2.52 bits per heavy atom. The highest BCUT2D eigenvalue weighted by atomic mass is 32.2. The van der Waals surface area contributed by atoms with Crippen LogP contribution in [0.25, 0.3) is 10.9 Å². The van der Waals surface area contributed by atoms with Crippen LogP contribution in [0.3, 0.4) is 0 Å². The van der Waals surface area contributed by atoms with E-state index < -0.39 is 48.3 Å². The molecule has 0 saturated carbocycles. The minimum Gasteiger partial charge on any atom is -0.491 e. The Balaban J connectivity index is 1.13. The van der Waals surface area contributed by atoms with E-state index in [4.69, 9.17) is 9.47 Å². The van der Waals surface area contributed by atoms with Gasteiger partial charge in [0, 0.05) is 43.8 Å². The van der Waals surface area contributed by atoms with E-state index in [0.717, 1.165) is 0 Å². The molecule has 14 heteroatoms. The summed E-state index contributed by atoms with van der Waals surface area (Å²) in [5.41, 5.74) is -0.288. The molecule has 3 aromatic rings. The number of piperidine rings is 1. The number of hydrogen-bond acceptors (Lipinski definition) is 10. The van der Waals surface area contributed by atoms with Gasteiger partial charge < -0.3 is 29.6 Å². The lowest BCUT2D eigenvalue weighted by Gasteiger charge is -2.38. The molecule has 0 amide bonds. The standard InChI is InChI=1S/C32H43N3O9S2/c1-4-34-19-29(30(38)27-10-5-6-11-28(27)34)46(41,42)35-14-12-32(13-15-35)17-23(20-44-32)33-18-24(37)21-43-25-8-7-9-26(16-25)45(39,40)31(2,3)22-36/h5-11,16,19,23-24,33,36-37H,4,12-15,17-18,20-22H2,1-3H3/t23-,24?/m1/s1. The smallest absolute Gasteiger partial charge is 0.248 e. The van der Waals surface area contributed by atoms with Gasteiger partial charge in [0.15, 0.2) is 9.84 Å². The first kappa shape index (κ1) is 34.5. The molecule has 3 heterocycles. The van der Waals surface area contributed by atoms with Crippen molar-refractivity contribution in [3.05, 3.63) is 65.0 Å². The van der Waals surface area contributed by atoms with Crippen LogP contribution in [-0.4, -0.2) is 97.9 Å². The molecule has 2 saturated heterocycles. The summed E-state index contributed by atoms with van der Waals surface area (Å²) in [6.45, 7) is 5.81. The summed E-state index contributed by atoms with van der Waals surface area (Å²) in [5, 5.41) is 23.7. The van der Waals surface area contributed by atoms with Crippen molar-refractivity contribution < 1.29 is 36.5 Å². The number of aryl methyl sites for hydroxylation is 1. The van der Waals surface area contributed by atoms with Gasteiger partial charge in [-0.05, 0) is 70.4 Å². The first-order valence-electron chi connectivity index (χ1n) is 15.5. The second-order valence-corrected chi connectivity index (χ2v) is 17.2. The van der Waals surface area contributed by atoms with Gasteiger partial charge in [0.2, 0.25) is 15.5 Å². The predicted molar refractivity (Wildman–Crippen MR) is 173 cm³/mol. The van der Waals surface area contributed by atoms with Crippen LogP contribution in [0.15, 0.2) is 69.3 Å². The number of aliphatic hydroxyl groups excluding tert-OH is 2. The molecule has 2 aliphatic heterocycles. The number of nitrogens with one attached hydrogen (secondary N) is 1. The Hall–Kier alpha value is -2.85. The Kier molecular flexibility index (Phi) is 10.00. The zero-order chi connectivity index (χ0) is 33.3. The van der Waals surface area contributed by atoms with Gasteiger partial charge in [0.05, 0.1) is 34.0 Å². The third-order valence-electron chi connectivity index (χ3n) is 9.06. The average molecular weight is 678 g/mol. The third kappa shape index (κ3) is 6.75. The SMILES string of the molecule is CCn1cc(S(=O)(=O)N2CCC3(CC2)C[C@@H](NCC(O)COc2cccc(S(=O)(=O)C(C)(C)CO)c2)CO3)c(=O)c2ccccc21. The molecular weight excluding hydrogens is 634 g/mol.